The van der Waals surface area contributed by atoms with E-state index in [0.717, 1.165) is 11.1 Å². The van der Waals surface area contributed by atoms with E-state index in [2.05, 4.69) is 0 Å². The molecule has 4 heteroatoms. The summed E-state index contributed by atoms with van der Waals surface area (Å²) in [6.07, 6.45) is 0. The number of hydrogen-bond donors (Lipinski definition) is 1. The van der Waals surface area contributed by atoms with Crippen LogP contribution in [0.4, 0.5) is 0 Å². The first kappa shape index (κ1) is 13.0. The zero-order chi connectivity index (χ0) is 12.8. The lowest BCUT2D eigenvalue weighted by atomic mass is 9.92. The van der Waals surface area contributed by atoms with Crippen molar-refractivity contribution in [3.63, 3.8) is 0 Å². The fourth-order valence-corrected chi connectivity index (χ4v) is 2.13. The Morgan fingerprint density at radius 1 is 0.944 bits per heavy atom. The summed E-state index contributed by atoms with van der Waals surface area (Å²) < 4.78 is 24.2. The van der Waals surface area contributed by atoms with Gasteiger partial charge in [-0.15, -0.1) is 0 Å². The van der Waals surface area contributed by atoms with Gasteiger partial charge in [-0.05, 0) is 11.1 Å². The van der Waals surface area contributed by atoms with Crippen LogP contribution in [0.1, 0.15) is 17.0 Å². The monoisotopic (exact) mass is 262 g/mol. The molecule has 0 saturated heterocycles. The predicted molar refractivity (Wildman–Crippen MR) is 71.5 cm³/mol. The van der Waals surface area contributed by atoms with E-state index in [0.29, 0.717) is 0 Å². The molecule has 1 atom stereocenters. The largest absolute Gasteiger partial charge is 0.301 e. The van der Waals surface area contributed by atoms with Crippen molar-refractivity contribution in [3.05, 3.63) is 71.8 Å². The fourth-order valence-electron chi connectivity index (χ4n) is 1.88. The van der Waals surface area contributed by atoms with Gasteiger partial charge >= 0.3 is 11.4 Å². The first-order chi connectivity index (χ1) is 8.77. The third-order valence-corrected chi connectivity index (χ3v) is 3.08. The quantitative estimate of drug-likeness (QED) is 0.843. The topological polar surface area (TPSA) is 46.5 Å². The summed E-state index contributed by atoms with van der Waals surface area (Å²) in [7, 11) is 0. The van der Waals surface area contributed by atoms with Gasteiger partial charge in [0, 0.05) is 5.92 Å². The Labute approximate surface area is 109 Å². The molecule has 3 nitrogen and oxygen atoms in total. The number of rotatable bonds is 5. The molecular formula is C14H14O3S. The molecule has 0 spiro atoms. The molecule has 0 aliphatic rings. The molecule has 0 saturated carbocycles. The van der Waals surface area contributed by atoms with Gasteiger partial charge in [0.25, 0.3) is 0 Å². The molecule has 0 radical (unpaired) electrons. The zero-order valence-electron chi connectivity index (χ0n) is 9.73. The Kier molecular flexibility index (Phi) is 4.64. The minimum atomic E-state index is -2.23. The van der Waals surface area contributed by atoms with Crippen LogP contribution in [-0.4, -0.2) is 15.4 Å². The highest BCUT2D eigenvalue weighted by atomic mass is 32.2. The molecular weight excluding hydrogens is 248 g/mol. The minimum Gasteiger partial charge on any atom is -0.284 e. The first-order valence-electron chi connectivity index (χ1n) is 5.61. The standard InChI is InChI=1S/C14H14O3S/c15-18(16)17-11-14(12-7-3-1-4-8-12)13-9-5-2-6-10-13/h1-10,14H,11H2,(H,15,16). The smallest absolute Gasteiger partial charge is 0.284 e. The number of benzene rings is 2. The lowest BCUT2D eigenvalue weighted by Gasteiger charge is -2.16. The van der Waals surface area contributed by atoms with Crippen LogP contribution in [0.3, 0.4) is 0 Å². The van der Waals surface area contributed by atoms with Gasteiger partial charge in [0.05, 0.1) is 6.61 Å². The van der Waals surface area contributed by atoms with E-state index in [-0.39, 0.29) is 12.5 Å². The second-order valence-corrected chi connectivity index (χ2v) is 4.55. The van der Waals surface area contributed by atoms with Gasteiger partial charge in [-0.25, -0.2) is 0 Å². The minimum absolute atomic E-state index is 0.0384. The Morgan fingerprint density at radius 3 is 1.78 bits per heavy atom. The van der Waals surface area contributed by atoms with E-state index in [1.54, 1.807) is 0 Å². The summed E-state index contributed by atoms with van der Waals surface area (Å²) in [5, 5.41) is 0. The average molecular weight is 262 g/mol. The molecule has 0 amide bonds. The van der Waals surface area contributed by atoms with Crippen LogP contribution in [0.15, 0.2) is 60.7 Å². The molecule has 0 aliphatic carbocycles. The van der Waals surface area contributed by atoms with Crippen molar-refractivity contribution in [1.29, 1.82) is 0 Å². The van der Waals surface area contributed by atoms with Gasteiger partial charge in [0.15, 0.2) is 0 Å². The third kappa shape index (κ3) is 3.50. The second-order valence-electron chi connectivity index (χ2n) is 3.88. The molecule has 0 fully saturated rings. The molecule has 1 N–H and O–H groups in total. The van der Waals surface area contributed by atoms with Crippen LogP contribution in [0.2, 0.25) is 0 Å². The Balaban J connectivity index is 2.26. The molecule has 18 heavy (non-hydrogen) atoms. The van der Waals surface area contributed by atoms with E-state index in [4.69, 9.17) is 8.74 Å². The average Bonchev–Trinajstić information content (AvgIpc) is 2.41. The van der Waals surface area contributed by atoms with Crippen molar-refractivity contribution in [1.82, 2.24) is 0 Å². The van der Waals surface area contributed by atoms with Gasteiger partial charge in [-0.3, -0.25) is 8.74 Å². The van der Waals surface area contributed by atoms with Gasteiger partial charge < -0.3 is 0 Å². The maximum Gasteiger partial charge on any atom is 0.301 e. The summed E-state index contributed by atoms with van der Waals surface area (Å²) in [6.45, 7) is 0.178. The van der Waals surface area contributed by atoms with Gasteiger partial charge in [0.1, 0.15) is 0 Å². The van der Waals surface area contributed by atoms with Crippen molar-refractivity contribution in [3.8, 4) is 0 Å². The summed E-state index contributed by atoms with van der Waals surface area (Å²) >= 11 is -2.23. The summed E-state index contributed by atoms with van der Waals surface area (Å²) in [5.74, 6) is -0.0384. The molecule has 0 bridgehead atoms. The van der Waals surface area contributed by atoms with Crippen LogP contribution in [0.5, 0.6) is 0 Å². The molecule has 0 aromatic heterocycles. The van der Waals surface area contributed by atoms with Crippen LogP contribution < -0.4 is 0 Å². The van der Waals surface area contributed by atoms with Crippen molar-refractivity contribution in [2.24, 2.45) is 0 Å². The zero-order valence-corrected chi connectivity index (χ0v) is 10.5. The first-order valence-corrected chi connectivity index (χ1v) is 6.64. The summed E-state index contributed by atoms with van der Waals surface area (Å²) in [6, 6.07) is 19.6. The summed E-state index contributed by atoms with van der Waals surface area (Å²) in [4.78, 5) is 0. The Morgan fingerprint density at radius 2 is 1.39 bits per heavy atom. The normalized spacial score (nSPS) is 12.6. The van der Waals surface area contributed by atoms with Crippen molar-refractivity contribution in [2.75, 3.05) is 6.61 Å². The van der Waals surface area contributed by atoms with Crippen LogP contribution in [-0.2, 0) is 15.5 Å². The SMILES string of the molecule is O=S(O)OCC(c1ccccc1)c1ccccc1. The molecule has 0 aliphatic heterocycles. The van der Waals surface area contributed by atoms with Crippen molar-refractivity contribution < 1.29 is 12.9 Å². The Bertz CT molecular complexity index is 459. The molecule has 94 valence electrons. The molecule has 2 aromatic rings. The van der Waals surface area contributed by atoms with Gasteiger partial charge in [0.2, 0.25) is 0 Å². The molecule has 0 heterocycles. The van der Waals surface area contributed by atoms with Crippen LogP contribution in [0.25, 0.3) is 0 Å². The van der Waals surface area contributed by atoms with Crippen molar-refractivity contribution in [2.45, 2.75) is 5.92 Å². The highest BCUT2D eigenvalue weighted by molar-refractivity contribution is 7.74. The van der Waals surface area contributed by atoms with Crippen LogP contribution in [0, 0.1) is 0 Å². The highest BCUT2D eigenvalue weighted by Gasteiger charge is 2.15. The number of hydrogen-bond acceptors (Lipinski definition) is 2. The van der Waals surface area contributed by atoms with Crippen LogP contribution >= 0.6 is 0 Å². The highest BCUT2D eigenvalue weighted by Crippen LogP contribution is 2.24. The maximum atomic E-state index is 10.7. The van der Waals surface area contributed by atoms with Crippen molar-refractivity contribution >= 4 is 11.4 Å². The van der Waals surface area contributed by atoms with E-state index in [9.17, 15) is 4.21 Å². The predicted octanol–water partition coefficient (Wildman–Crippen LogP) is 2.97. The van der Waals surface area contributed by atoms with E-state index in [1.807, 2.05) is 60.7 Å². The Hall–Kier alpha value is -1.49. The second kappa shape index (κ2) is 6.44. The van der Waals surface area contributed by atoms with Gasteiger partial charge in [-0.2, -0.15) is 4.21 Å². The van der Waals surface area contributed by atoms with E-state index in [1.165, 1.54) is 0 Å². The molecule has 2 aromatic carbocycles. The summed E-state index contributed by atoms with van der Waals surface area (Å²) in [5.41, 5.74) is 2.13. The van der Waals surface area contributed by atoms with E-state index >= 15 is 0 Å². The van der Waals surface area contributed by atoms with E-state index < -0.39 is 11.4 Å². The molecule has 1 unspecified atom stereocenters. The lowest BCUT2D eigenvalue weighted by Crippen LogP contribution is -2.10. The maximum absolute atomic E-state index is 10.7. The molecule has 2 rings (SSSR count). The third-order valence-electron chi connectivity index (χ3n) is 2.74. The lowest BCUT2D eigenvalue weighted by molar-refractivity contribution is 0.295. The van der Waals surface area contributed by atoms with Gasteiger partial charge in [-0.1, -0.05) is 60.7 Å². The fraction of sp³-hybridized carbons (Fsp3) is 0.143.